The highest BCUT2D eigenvalue weighted by Crippen LogP contribution is 2.52. The molecule has 2 fully saturated rings. The van der Waals surface area contributed by atoms with E-state index in [1.807, 2.05) is 11.8 Å². The van der Waals surface area contributed by atoms with E-state index in [-0.39, 0.29) is 40.8 Å². The van der Waals surface area contributed by atoms with E-state index in [0.717, 1.165) is 0 Å². The molecule has 0 bridgehead atoms. The number of carbonyl (C=O) groups excluding carboxylic acids is 2. The third kappa shape index (κ3) is 3.63. The fourth-order valence-electron chi connectivity index (χ4n) is 4.58. The molecule has 160 valence electrons. The van der Waals surface area contributed by atoms with E-state index in [9.17, 15) is 24.6 Å². The highest BCUT2D eigenvalue weighted by molar-refractivity contribution is 8.03. The number of nitrogens with zero attached hydrogens (tertiary/aromatic N) is 3. The van der Waals surface area contributed by atoms with Gasteiger partial charge in [-0.25, -0.2) is 4.79 Å². The predicted molar refractivity (Wildman–Crippen MR) is 108 cm³/mol. The molecule has 10 heteroatoms. The van der Waals surface area contributed by atoms with Crippen LogP contribution in [-0.2, 0) is 14.4 Å². The maximum atomic E-state index is 12.4. The van der Waals surface area contributed by atoms with E-state index in [2.05, 4.69) is 0 Å². The summed E-state index contributed by atoms with van der Waals surface area (Å²) in [7, 11) is 3.39. The van der Waals surface area contributed by atoms with Crippen LogP contribution in [0.2, 0.25) is 0 Å². The number of carboxylic acid groups (broad SMARTS) is 1. The lowest BCUT2D eigenvalue weighted by Crippen LogP contribution is -2.63. The Hall–Kier alpha value is -2.07. The number of likely N-dealkylation sites (tertiary alicyclic amines) is 1. The quantitative estimate of drug-likeness (QED) is 0.307. The summed E-state index contributed by atoms with van der Waals surface area (Å²) in [5.74, 6) is -2.25. The zero-order chi connectivity index (χ0) is 21.6. The molecule has 3 N–H and O–H groups in total. The van der Waals surface area contributed by atoms with Crippen molar-refractivity contribution in [1.29, 1.82) is 5.41 Å². The van der Waals surface area contributed by atoms with Gasteiger partial charge in [-0.15, -0.1) is 11.8 Å². The maximum Gasteiger partial charge on any atom is 0.353 e. The second-order valence-corrected chi connectivity index (χ2v) is 9.56. The van der Waals surface area contributed by atoms with Crippen LogP contribution in [-0.4, -0.2) is 93.1 Å². The van der Waals surface area contributed by atoms with Gasteiger partial charge in [0.05, 0.1) is 24.4 Å². The lowest BCUT2D eigenvalue weighted by molar-refractivity contribution is -0.163. The first-order valence-corrected chi connectivity index (χ1v) is 10.6. The van der Waals surface area contributed by atoms with Gasteiger partial charge in [-0.2, -0.15) is 0 Å². The molecule has 0 aromatic rings. The molecule has 3 heterocycles. The van der Waals surface area contributed by atoms with Crippen LogP contribution in [0, 0.1) is 17.2 Å². The van der Waals surface area contributed by atoms with Crippen molar-refractivity contribution in [1.82, 2.24) is 14.7 Å². The lowest BCUT2D eigenvalue weighted by Gasteiger charge is -2.46. The molecule has 0 aliphatic carbocycles. The minimum absolute atomic E-state index is 0.0123. The number of hydrogen-bond acceptors (Lipinski definition) is 6. The second-order valence-electron chi connectivity index (χ2n) is 8.22. The molecule has 0 saturated carbocycles. The van der Waals surface area contributed by atoms with Gasteiger partial charge in [0.1, 0.15) is 5.70 Å². The molecule has 29 heavy (non-hydrogen) atoms. The van der Waals surface area contributed by atoms with Gasteiger partial charge in [-0.3, -0.25) is 15.0 Å². The molecule has 2 unspecified atom stereocenters. The van der Waals surface area contributed by atoms with Crippen LogP contribution in [0.1, 0.15) is 26.7 Å². The number of carbonyl (C=O) groups is 3. The van der Waals surface area contributed by atoms with Crippen molar-refractivity contribution in [2.24, 2.45) is 11.8 Å². The van der Waals surface area contributed by atoms with Crippen molar-refractivity contribution in [3.63, 3.8) is 0 Å². The molecular formula is C19H28N4O5S. The van der Waals surface area contributed by atoms with Crippen molar-refractivity contribution < 1.29 is 24.6 Å². The van der Waals surface area contributed by atoms with Gasteiger partial charge in [0.2, 0.25) is 11.8 Å². The Bertz CT molecular complexity index is 768. The zero-order valence-corrected chi connectivity index (χ0v) is 17.8. The summed E-state index contributed by atoms with van der Waals surface area (Å²) in [4.78, 5) is 41.8. The molecule has 0 aromatic heterocycles. The summed E-state index contributed by atoms with van der Waals surface area (Å²) in [6, 6.07) is -0.434. The highest BCUT2D eigenvalue weighted by atomic mass is 32.2. The first-order chi connectivity index (χ1) is 13.6. The van der Waals surface area contributed by atoms with Crippen molar-refractivity contribution in [2.45, 2.75) is 50.1 Å². The number of fused-ring (bicyclic) bond motifs is 1. The lowest BCUT2D eigenvalue weighted by atomic mass is 9.79. The predicted octanol–water partition coefficient (Wildman–Crippen LogP) is 0.402. The topological polar surface area (TPSA) is 125 Å². The number of hydrogen-bond donors (Lipinski definition) is 3. The Morgan fingerprint density at radius 2 is 2.07 bits per heavy atom. The maximum absolute atomic E-state index is 12.4. The van der Waals surface area contributed by atoms with E-state index >= 15 is 0 Å². The standard InChI is InChI=1S/C19H28N4O5S/c1-9-15-14(10(2)24)18(26)23(15)16(19(27)28)17(9)29-12-5-11(22(7-12)8-20)6-13(25)21(3)4/h8-12,14-15,20,24H,5-7H2,1-4H3,(H,27,28)/t9-,10?,11-,12?,14+,15+/m0/s1. The summed E-state index contributed by atoms with van der Waals surface area (Å²) in [6.07, 6.45) is 1.36. The molecule has 3 rings (SSSR count). The molecule has 0 radical (unpaired) electrons. The van der Waals surface area contributed by atoms with Crippen LogP contribution in [0.25, 0.3) is 0 Å². The van der Waals surface area contributed by atoms with Crippen molar-refractivity contribution in [2.75, 3.05) is 20.6 Å². The van der Waals surface area contributed by atoms with Crippen LogP contribution in [0.5, 0.6) is 0 Å². The van der Waals surface area contributed by atoms with E-state index in [4.69, 9.17) is 5.41 Å². The molecule has 6 atom stereocenters. The van der Waals surface area contributed by atoms with Gasteiger partial charge in [0.15, 0.2) is 0 Å². The Kier molecular flexibility index (Phi) is 5.96. The number of amides is 2. The van der Waals surface area contributed by atoms with Crippen LogP contribution in [0.15, 0.2) is 10.6 Å². The third-order valence-electron chi connectivity index (χ3n) is 6.10. The van der Waals surface area contributed by atoms with Gasteiger partial charge < -0.3 is 24.9 Å². The minimum atomic E-state index is -1.14. The molecule has 2 amide bonds. The molecule has 3 aliphatic rings. The summed E-state index contributed by atoms with van der Waals surface area (Å²) in [6.45, 7) is 4.00. The van der Waals surface area contributed by atoms with Crippen LogP contribution < -0.4 is 0 Å². The van der Waals surface area contributed by atoms with Crippen LogP contribution in [0.3, 0.4) is 0 Å². The van der Waals surface area contributed by atoms with Gasteiger partial charge in [0, 0.05) is 49.2 Å². The number of carboxylic acids is 1. The smallest absolute Gasteiger partial charge is 0.353 e. The SMILES string of the molecule is CC(O)[C@H]1C(=O)N2C(C(=O)O)=C(SC3C[C@@H](CC(=O)N(C)C)N(C=N)C3)[C@@H](C)[C@H]12. The van der Waals surface area contributed by atoms with E-state index in [0.29, 0.717) is 24.3 Å². The fraction of sp³-hybridized carbons (Fsp3) is 0.684. The fourth-order valence-corrected chi connectivity index (χ4v) is 6.16. The van der Waals surface area contributed by atoms with E-state index in [1.54, 1.807) is 21.0 Å². The number of thioether (sulfide) groups is 1. The Balaban J connectivity index is 1.78. The van der Waals surface area contributed by atoms with Gasteiger partial charge in [-0.1, -0.05) is 6.92 Å². The largest absolute Gasteiger partial charge is 0.477 e. The third-order valence-corrected chi connectivity index (χ3v) is 7.59. The molecule has 3 aliphatic heterocycles. The van der Waals surface area contributed by atoms with Gasteiger partial charge in [-0.05, 0) is 13.3 Å². The van der Waals surface area contributed by atoms with Crippen molar-refractivity contribution in [3.8, 4) is 0 Å². The summed E-state index contributed by atoms with van der Waals surface area (Å²) in [5, 5.41) is 27.4. The van der Waals surface area contributed by atoms with E-state index < -0.39 is 18.0 Å². The number of β-lactam (4-membered cyclic amide) rings is 1. The van der Waals surface area contributed by atoms with Crippen molar-refractivity contribution >= 4 is 35.9 Å². The first kappa shape index (κ1) is 21.6. The minimum Gasteiger partial charge on any atom is -0.477 e. The molecule has 0 spiro atoms. The summed E-state index contributed by atoms with van der Waals surface area (Å²) in [5.41, 5.74) is 0.0172. The number of aliphatic hydroxyl groups is 1. The molecule has 0 aromatic carbocycles. The summed E-state index contributed by atoms with van der Waals surface area (Å²) < 4.78 is 0. The Morgan fingerprint density at radius 3 is 2.59 bits per heavy atom. The normalized spacial score (nSPS) is 32.2. The number of nitrogens with one attached hydrogen (secondary N) is 1. The monoisotopic (exact) mass is 424 g/mol. The molecular weight excluding hydrogens is 396 g/mol. The van der Waals surface area contributed by atoms with Gasteiger partial charge in [0.25, 0.3) is 0 Å². The van der Waals surface area contributed by atoms with Crippen LogP contribution >= 0.6 is 11.8 Å². The van der Waals surface area contributed by atoms with E-state index in [1.165, 1.54) is 27.9 Å². The van der Waals surface area contributed by atoms with Crippen molar-refractivity contribution in [3.05, 3.63) is 10.6 Å². The number of aliphatic hydroxyl groups excluding tert-OH is 1. The number of aliphatic carboxylic acids is 1. The average Bonchev–Trinajstić information content (AvgIpc) is 3.12. The van der Waals surface area contributed by atoms with Crippen LogP contribution in [0.4, 0.5) is 0 Å². The molecule has 9 nitrogen and oxygen atoms in total. The highest BCUT2D eigenvalue weighted by Gasteiger charge is 2.60. The zero-order valence-electron chi connectivity index (χ0n) is 17.0. The first-order valence-electron chi connectivity index (χ1n) is 9.70. The number of rotatable bonds is 7. The second kappa shape index (κ2) is 7.98. The molecule has 2 saturated heterocycles. The average molecular weight is 425 g/mol. The summed E-state index contributed by atoms with van der Waals surface area (Å²) >= 11 is 1.43. The van der Waals surface area contributed by atoms with Gasteiger partial charge >= 0.3 is 5.97 Å². The Morgan fingerprint density at radius 1 is 1.41 bits per heavy atom. The Labute approximate surface area is 174 Å².